The first-order chi connectivity index (χ1) is 16.0. The monoisotopic (exact) mass is 474 g/mol. The van der Waals surface area contributed by atoms with Gasteiger partial charge in [0.05, 0.1) is 5.56 Å². The summed E-state index contributed by atoms with van der Waals surface area (Å²) in [5, 5.41) is 11.1. The van der Waals surface area contributed by atoms with E-state index in [0.717, 1.165) is 48.8 Å². The number of esters is 1. The second-order valence-corrected chi connectivity index (χ2v) is 11.7. The predicted molar refractivity (Wildman–Crippen MR) is 124 cm³/mol. The Kier molecular flexibility index (Phi) is 5.51. The van der Waals surface area contributed by atoms with Crippen LogP contribution in [0.1, 0.15) is 89.6 Å². The summed E-state index contributed by atoms with van der Waals surface area (Å²) in [7, 11) is 3.19. The fraction of sp³-hybridized carbons (Fsp3) is 0.741. The predicted octanol–water partition coefficient (Wildman–Crippen LogP) is 5.19. The molecule has 2 aliphatic heterocycles. The molecular formula is C27H38O7. The summed E-state index contributed by atoms with van der Waals surface area (Å²) in [5.41, 5.74) is 1.88. The Balaban J connectivity index is 1.56. The number of ether oxygens (including phenoxy) is 5. The summed E-state index contributed by atoms with van der Waals surface area (Å²) in [6.07, 6.45) is 3.13. The number of carbonyl (C=O) groups is 1. The van der Waals surface area contributed by atoms with Gasteiger partial charge in [0.1, 0.15) is 23.2 Å². The second kappa shape index (κ2) is 7.84. The first kappa shape index (κ1) is 23.9. The van der Waals surface area contributed by atoms with Crippen molar-refractivity contribution in [3.05, 3.63) is 22.8 Å². The Bertz CT molecular complexity index is 1000. The zero-order chi connectivity index (χ0) is 24.6. The van der Waals surface area contributed by atoms with E-state index in [1.807, 2.05) is 0 Å². The first-order valence-electron chi connectivity index (χ1n) is 12.4. The van der Waals surface area contributed by atoms with Crippen molar-refractivity contribution in [1.29, 1.82) is 0 Å². The molecule has 1 aromatic carbocycles. The van der Waals surface area contributed by atoms with Crippen LogP contribution in [0, 0.1) is 22.7 Å². The van der Waals surface area contributed by atoms with E-state index in [0.29, 0.717) is 11.7 Å². The fourth-order valence-corrected chi connectivity index (χ4v) is 7.99. The van der Waals surface area contributed by atoms with E-state index in [-0.39, 0.29) is 40.2 Å². The van der Waals surface area contributed by atoms with Crippen LogP contribution in [0.3, 0.4) is 0 Å². The Morgan fingerprint density at radius 3 is 2.41 bits per heavy atom. The van der Waals surface area contributed by atoms with Gasteiger partial charge in [0.15, 0.2) is 12.6 Å². The molecule has 0 saturated heterocycles. The topological polar surface area (TPSA) is 83.5 Å². The van der Waals surface area contributed by atoms with Crippen molar-refractivity contribution in [1.82, 2.24) is 0 Å². The number of fused-ring (bicyclic) bond motifs is 6. The number of aromatic hydroxyl groups is 1. The average Bonchev–Trinajstić information content (AvgIpc) is 3.12. The molecule has 7 nitrogen and oxygen atoms in total. The zero-order valence-electron chi connectivity index (χ0n) is 21.4. The summed E-state index contributed by atoms with van der Waals surface area (Å²) < 4.78 is 29.7. The SMILES string of the molecule is COC1OC(OC)c2c1cc(O)c1c2O[C@@]2(C)CC[C@H]3C(C)(C)[C@@H](OC(C)=O)CC[C@]3(C)[C@H]2C1. The molecule has 0 aromatic heterocycles. The summed E-state index contributed by atoms with van der Waals surface area (Å²) in [6, 6.07) is 1.75. The van der Waals surface area contributed by atoms with E-state index < -0.39 is 12.6 Å². The van der Waals surface area contributed by atoms with Crippen LogP contribution in [-0.4, -0.2) is 37.0 Å². The van der Waals surface area contributed by atoms with E-state index in [1.165, 1.54) is 6.92 Å². The van der Waals surface area contributed by atoms with E-state index in [4.69, 9.17) is 23.7 Å². The molecule has 0 amide bonds. The van der Waals surface area contributed by atoms with Crippen LogP contribution in [0.4, 0.5) is 0 Å². The molecule has 0 bridgehead atoms. The summed E-state index contributed by atoms with van der Waals surface area (Å²) in [5.74, 6) is 1.30. The molecule has 1 N–H and O–H groups in total. The Labute approximate surface area is 202 Å². The lowest BCUT2D eigenvalue weighted by Gasteiger charge is -2.64. The number of hydrogen-bond donors (Lipinski definition) is 1. The third-order valence-electron chi connectivity index (χ3n) is 9.58. The van der Waals surface area contributed by atoms with Crippen LogP contribution in [0.5, 0.6) is 11.5 Å². The van der Waals surface area contributed by atoms with E-state index in [9.17, 15) is 9.90 Å². The lowest BCUT2D eigenvalue weighted by Crippen LogP contribution is -2.64. The average molecular weight is 475 g/mol. The van der Waals surface area contributed by atoms with Gasteiger partial charge in [-0.3, -0.25) is 4.79 Å². The van der Waals surface area contributed by atoms with Gasteiger partial charge in [-0.2, -0.15) is 0 Å². The molecule has 0 radical (unpaired) electrons. The minimum absolute atomic E-state index is 0.0114. The standard InChI is InChI=1S/C27H38O7/c1-14(28)32-20-9-10-26(4)18(25(20,2)3)8-11-27(5)19(26)13-15-17(29)12-16-21(22(15)34-27)24(31-7)33-23(16)30-6/h12,18-20,23-24,29H,8-11,13H2,1-7H3/t18-,19+,20-,23?,24?,26-,27-/m0/s1. The van der Waals surface area contributed by atoms with Gasteiger partial charge in [-0.15, -0.1) is 0 Å². The largest absolute Gasteiger partial charge is 0.508 e. The molecule has 2 unspecified atom stereocenters. The molecule has 4 aliphatic rings. The molecule has 0 spiro atoms. The number of phenols is 1. The molecule has 2 aliphatic carbocycles. The van der Waals surface area contributed by atoms with Crippen molar-refractivity contribution in [3.8, 4) is 11.5 Å². The number of methoxy groups -OCH3 is 2. The van der Waals surface area contributed by atoms with Gasteiger partial charge in [0.2, 0.25) is 0 Å². The zero-order valence-corrected chi connectivity index (χ0v) is 21.4. The Hall–Kier alpha value is -1.83. The third kappa shape index (κ3) is 3.23. The van der Waals surface area contributed by atoms with Crippen molar-refractivity contribution in [3.63, 3.8) is 0 Å². The molecule has 188 valence electrons. The van der Waals surface area contributed by atoms with Crippen molar-refractivity contribution in [2.75, 3.05) is 14.2 Å². The van der Waals surface area contributed by atoms with Gasteiger partial charge in [-0.05, 0) is 56.4 Å². The van der Waals surface area contributed by atoms with Gasteiger partial charge in [0, 0.05) is 43.6 Å². The van der Waals surface area contributed by atoms with Gasteiger partial charge in [-0.25, -0.2) is 0 Å². The van der Waals surface area contributed by atoms with Crippen molar-refractivity contribution < 1.29 is 33.6 Å². The number of hydrogen-bond acceptors (Lipinski definition) is 7. The van der Waals surface area contributed by atoms with E-state index in [1.54, 1.807) is 20.3 Å². The Morgan fingerprint density at radius 1 is 1.06 bits per heavy atom. The van der Waals surface area contributed by atoms with E-state index in [2.05, 4.69) is 27.7 Å². The van der Waals surface area contributed by atoms with Gasteiger partial charge < -0.3 is 28.8 Å². The van der Waals surface area contributed by atoms with Crippen molar-refractivity contribution in [2.24, 2.45) is 22.7 Å². The molecule has 2 heterocycles. The second-order valence-electron chi connectivity index (χ2n) is 11.7. The van der Waals surface area contributed by atoms with Crippen LogP contribution >= 0.6 is 0 Å². The molecule has 2 fully saturated rings. The molecule has 2 saturated carbocycles. The maximum Gasteiger partial charge on any atom is 0.302 e. The number of carbonyl (C=O) groups excluding carboxylic acids is 1. The molecule has 1 aromatic rings. The molecular weight excluding hydrogens is 436 g/mol. The molecule has 7 heteroatoms. The first-order valence-corrected chi connectivity index (χ1v) is 12.4. The third-order valence-corrected chi connectivity index (χ3v) is 9.58. The highest BCUT2D eigenvalue weighted by Crippen LogP contribution is 2.66. The smallest absolute Gasteiger partial charge is 0.302 e. The minimum atomic E-state index is -0.601. The summed E-state index contributed by atoms with van der Waals surface area (Å²) in [4.78, 5) is 11.8. The maximum absolute atomic E-state index is 11.8. The van der Waals surface area contributed by atoms with Gasteiger partial charge in [0.25, 0.3) is 0 Å². The molecule has 34 heavy (non-hydrogen) atoms. The number of benzene rings is 1. The van der Waals surface area contributed by atoms with Crippen LogP contribution in [0.15, 0.2) is 6.07 Å². The lowest BCUT2D eigenvalue weighted by molar-refractivity contribution is -0.219. The van der Waals surface area contributed by atoms with Crippen LogP contribution < -0.4 is 4.74 Å². The summed E-state index contributed by atoms with van der Waals surface area (Å²) in [6.45, 7) is 10.6. The van der Waals surface area contributed by atoms with Gasteiger partial charge >= 0.3 is 5.97 Å². The number of phenolic OH excluding ortho intramolecular Hbond substituents is 1. The minimum Gasteiger partial charge on any atom is -0.508 e. The quantitative estimate of drug-likeness (QED) is 0.604. The fourth-order valence-electron chi connectivity index (χ4n) is 7.99. The lowest BCUT2D eigenvalue weighted by atomic mass is 9.44. The normalized spacial score (nSPS) is 39.8. The molecule has 5 rings (SSSR count). The Morgan fingerprint density at radius 2 is 1.76 bits per heavy atom. The number of rotatable bonds is 3. The highest BCUT2D eigenvalue weighted by molar-refractivity contribution is 5.66. The van der Waals surface area contributed by atoms with Crippen LogP contribution in [0.25, 0.3) is 0 Å². The van der Waals surface area contributed by atoms with Crippen molar-refractivity contribution >= 4 is 5.97 Å². The van der Waals surface area contributed by atoms with Crippen LogP contribution in [-0.2, 0) is 30.2 Å². The van der Waals surface area contributed by atoms with Crippen LogP contribution in [0.2, 0.25) is 0 Å². The van der Waals surface area contributed by atoms with Crippen molar-refractivity contribution in [2.45, 2.75) is 91.0 Å². The maximum atomic E-state index is 11.8. The van der Waals surface area contributed by atoms with Gasteiger partial charge in [-0.1, -0.05) is 20.8 Å². The highest BCUT2D eigenvalue weighted by Gasteiger charge is 2.63. The highest BCUT2D eigenvalue weighted by atomic mass is 16.8. The molecule has 7 atom stereocenters. The van der Waals surface area contributed by atoms with E-state index >= 15 is 0 Å². The summed E-state index contributed by atoms with van der Waals surface area (Å²) >= 11 is 0.